The largest absolute Gasteiger partial charge is 0.351 e. The van der Waals surface area contributed by atoms with Crippen LogP contribution in [-0.2, 0) is 6.54 Å². The lowest BCUT2D eigenvalue weighted by Crippen LogP contribution is -2.26. The van der Waals surface area contributed by atoms with Crippen LogP contribution in [0.15, 0.2) is 18.2 Å². The first-order valence-electron chi connectivity index (χ1n) is 6.16. The molecule has 0 aliphatic rings. The Balaban J connectivity index is 2.72. The van der Waals surface area contributed by atoms with Gasteiger partial charge < -0.3 is 9.88 Å². The molecule has 0 atom stereocenters. The summed E-state index contributed by atoms with van der Waals surface area (Å²) in [7, 11) is 0. The Morgan fingerprint density at radius 1 is 1.39 bits per heavy atom. The Morgan fingerprint density at radius 2 is 2.11 bits per heavy atom. The van der Waals surface area contributed by atoms with Crippen molar-refractivity contribution in [2.45, 2.75) is 27.3 Å². The van der Waals surface area contributed by atoms with Crippen LogP contribution in [0.25, 0.3) is 10.9 Å². The van der Waals surface area contributed by atoms with Crippen LogP contribution in [0.4, 0.5) is 0 Å². The summed E-state index contributed by atoms with van der Waals surface area (Å²) in [5, 5.41) is 4.60. The summed E-state index contributed by atoms with van der Waals surface area (Å²) in [6, 6.07) is 5.75. The summed E-state index contributed by atoms with van der Waals surface area (Å²) in [4.78, 5) is 12.1. The maximum absolute atomic E-state index is 12.1. The van der Waals surface area contributed by atoms with Crippen molar-refractivity contribution in [3.05, 3.63) is 34.5 Å². The van der Waals surface area contributed by atoms with Crippen molar-refractivity contribution in [1.29, 1.82) is 0 Å². The first-order chi connectivity index (χ1) is 8.60. The van der Waals surface area contributed by atoms with Gasteiger partial charge in [0.2, 0.25) is 0 Å². The molecular weight excluding hydrogens is 248 g/mol. The molecule has 1 N–H and O–H groups in total. The van der Waals surface area contributed by atoms with Crippen LogP contribution in [0, 0.1) is 6.92 Å². The van der Waals surface area contributed by atoms with E-state index in [1.54, 1.807) is 0 Å². The smallest absolute Gasteiger partial charge is 0.268 e. The van der Waals surface area contributed by atoms with E-state index in [-0.39, 0.29) is 5.91 Å². The number of nitrogens with zero attached hydrogens (tertiary/aromatic N) is 1. The van der Waals surface area contributed by atoms with Gasteiger partial charge in [-0.15, -0.1) is 0 Å². The zero-order chi connectivity index (χ0) is 13.3. The number of fused-ring (bicyclic) bond motifs is 1. The van der Waals surface area contributed by atoms with E-state index in [1.807, 2.05) is 43.5 Å². The number of hydrogen-bond donors (Lipinski definition) is 1. The van der Waals surface area contributed by atoms with E-state index in [0.29, 0.717) is 11.6 Å². The number of halogens is 1. The minimum Gasteiger partial charge on any atom is -0.351 e. The summed E-state index contributed by atoms with van der Waals surface area (Å²) in [5.74, 6) is -0.0239. The number of carbonyl (C=O) groups excluding carboxylic acids is 1. The molecule has 1 heterocycles. The maximum atomic E-state index is 12.1. The molecule has 2 rings (SSSR count). The summed E-state index contributed by atoms with van der Waals surface area (Å²) in [6.07, 6.45) is 0. The SMILES string of the molecule is CCNC(=O)c1c(C)c2cc(Cl)ccc2n1CC. The standard InChI is InChI=1S/C14H17ClN2O/c1-4-16-14(18)13-9(3)11-8-10(15)6-7-12(11)17(13)5-2/h6-8H,4-5H2,1-3H3,(H,16,18). The minimum absolute atomic E-state index is 0.0239. The van der Waals surface area contributed by atoms with Crippen LogP contribution in [0.5, 0.6) is 0 Å². The van der Waals surface area contributed by atoms with Gasteiger partial charge in [0.05, 0.1) is 0 Å². The van der Waals surface area contributed by atoms with Crippen LogP contribution in [0.3, 0.4) is 0 Å². The normalized spacial score (nSPS) is 10.9. The maximum Gasteiger partial charge on any atom is 0.268 e. The Hall–Kier alpha value is -1.48. The van der Waals surface area contributed by atoms with Crippen molar-refractivity contribution in [3.8, 4) is 0 Å². The summed E-state index contributed by atoms with van der Waals surface area (Å²) >= 11 is 6.03. The van der Waals surface area contributed by atoms with Gasteiger partial charge in [-0.25, -0.2) is 0 Å². The van der Waals surface area contributed by atoms with Crippen molar-refractivity contribution in [1.82, 2.24) is 9.88 Å². The van der Waals surface area contributed by atoms with Crippen LogP contribution in [0.1, 0.15) is 29.9 Å². The predicted octanol–water partition coefficient (Wildman–Crippen LogP) is 3.37. The van der Waals surface area contributed by atoms with Gasteiger partial charge in [-0.1, -0.05) is 11.6 Å². The molecule has 4 heteroatoms. The number of nitrogens with one attached hydrogen (secondary N) is 1. The molecule has 1 aromatic carbocycles. The van der Waals surface area contributed by atoms with Crippen molar-refractivity contribution in [2.24, 2.45) is 0 Å². The molecule has 0 saturated heterocycles. The fraction of sp³-hybridized carbons (Fsp3) is 0.357. The number of benzene rings is 1. The number of amides is 1. The van der Waals surface area contributed by atoms with Crippen LogP contribution in [-0.4, -0.2) is 17.0 Å². The molecule has 0 aliphatic heterocycles. The highest BCUT2D eigenvalue weighted by molar-refractivity contribution is 6.31. The molecule has 96 valence electrons. The summed E-state index contributed by atoms with van der Waals surface area (Å²) in [5.41, 5.74) is 2.78. The third kappa shape index (κ3) is 1.99. The molecule has 0 unspecified atom stereocenters. The van der Waals surface area contributed by atoms with E-state index < -0.39 is 0 Å². The van der Waals surface area contributed by atoms with E-state index in [2.05, 4.69) is 5.32 Å². The van der Waals surface area contributed by atoms with Crippen molar-refractivity contribution < 1.29 is 4.79 Å². The Kier molecular flexibility index (Phi) is 3.62. The average Bonchev–Trinajstić information content (AvgIpc) is 2.62. The molecule has 0 spiro atoms. The first kappa shape index (κ1) is 13.0. The fourth-order valence-electron chi connectivity index (χ4n) is 2.36. The van der Waals surface area contributed by atoms with Gasteiger partial charge in [0.1, 0.15) is 5.69 Å². The second-order valence-corrected chi connectivity index (χ2v) is 4.68. The van der Waals surface area contributed by atoms with Gasteiger partial charge in [0, 0.05) is 29.0 Å². The van der Waals surface area contributed by atoms with Gasteiger partial charge in [0.25, 0.3) is 5.91 Å². The molecule has 3 nitrogen and oxygen atoms in total. The lowest BCUT2D eigenvalue weighted by molar-refractivity contribution is 0.0946. The average molecular weight is 265 g/mol. The topological polar surface area (TPSA) is 34.0 Å². The molecule has 2 aromatic rings. The monoisotopic (exact) mass is 264 g/mol. The molecule has 0 aliphatic carbocycles. The van der Waals surface area contributed by atoms with Crippen LogP contribution in [0.2, 0.25) is 5.02 Å². The highest BCUT2D eigenvalue weighted by atomic mass is 35.5. The predicted molar refractivity (Wildman–Crippen MR) is 75.4 cm³/mol. The molecule has 0 radical (unpaired) electrons. The third-order valence-electron chi connectivity index (χ3n) is 3.15. The number of rotatable bonds is 3. The van der Waals surface area contributed by atoms with Gasteiger partial charge in [0.15, 0.2) is 0 Å². The van der Waals surface area contributed by atoms with Gasteiger partial charge in [-0.2, -0.15) is 0 Å². The molecular formula is C14H17ClN2O. The van der Waals surface area contributed by atoms with Gasteiger partial charge in [-0.3, -0.25) is 4.79 Å². The highest BCUT2D eigenvalue weighted by Crippen LogP contribution is 2.28. The van der Waals surface area contributed by atoms with E-state index in [0.717, 1.165) is 28.7 Å². The number of aromatic nitrogens is 1. The molecule has 0 bridgehead atoms. The molecule has 0 fully saturated rings. The van der Waals surface area contributed by atoms with Crippen molar-refractivity contribution in [3.63, 3.8) is 0 Å². The second-order valence-electron chi connectivity index (χ2n) is 4.24. The zero-order valence-corrected chi connectivity index (χ0v) is 11.6. The van der Waals surface area contributed by atoms with Gasteiger partial charge >= 0.3 is 0 Å². The van der Waals surface area contributed by atoms with E-state index >= 15 is 0 Å². The molecule has 18 heavy (non-hydrogen) atoms. The third-order valence-corrected chi connectivity index (χ3v) is 3.38. The van der Waals surface area contributed by atoms with Crippen molar-refractivity contribution in [2.75, 3.05) is 6.54 Å². The Labute approximate surface area is 112 Å². The molecule has 1 aromatic heterocycles. The summed E-state index contributed by atoms with van der Waals surface area (Å²) in [6.45, 7) is 7.32. The van der Waals surface area contributed by atoms with E-state index in [1.165, 1.54) is 0 Å². The highest BCUT2D eigenvalue weighted by Gasteiger charge is 2.18. The molecule has 0 saturated carbocycles. The fourth-order valence-corrected chi connectivity index (χ4v) is 2.53. The Bertz CT molecular complexity index is 601. The van der Waals surface area contributed by atoms with E-state index in [4.69, 9.17) is 11.6 Å². The Morgan fingerprint density at radius 3 is 2.72 bits per heavy atom. The van der Waals surface area contributed by atoms with Crippen LogP contribution >= 0.6 is 11.6 Å². The zero-order valence-electron chi connectivity index (χ0n) is 10.9. The summed E-state index contributed by atoms with van der Waals surface area (Å²) < 4.78 is 2.03. The first-order valence-corrected chi connectivity index (χ1v) is 6.54. The second kappa shape index (κ2) is 5.02. The van der Waals surface area contributed by atoms with Gasteiger partial charge in [-0.05, 0) is 44.5 Å². The lowest BCUT2D eigenvalue weighted by Gasteiger charge is -2.08. The lowest BCUT2D eigenvalue weighted by atomic mass is 10.1. The molecule has 1 amide bonds. The number of aryl methyl sites for hydroxylation is 2. The van der Waals surface area contributed by atoms with Crippen LogP contribution < -0.4 is 5.32 Å². The number of hydrogen-bond acceptors (Lipinski definition) is 1. The minimum atomic E-state index is -0.0239. The van der Waals surface area contributed by atoms with Crippen molar-refractivity contribution >= 4 is 28.4 Å². The number of carbonyl (C=O) groups is 1. The van der Waals surface area contributed by atoms with E-state index in [9.17, 15) is 4.79 Å². The quantitative estimate of drug-likeness (QED) is 0.906.